The summed E-state index contributed by atoms with van der Waals surface area (Å²) in [6, 6.07) is 19.3. The lowest BCUT2D eigenvalue weighted by Crippen LogP contribution is -2.35. The topological polar surface area (TPSA) is 121 Å². The number of nitrogens with zero attached hydrogens (tertiary/aromatic N) is 2. The van der Waals surface area contributed by atoms with Crippen LogP contribution in [0.4, 0.5) is 45.1 Å². The molecule has 0 aliphatic heterocycles. The monoisotopic (exact) mass is 978 g/mol. The second-order valence-electron chi connectivity index (χ2n) is 15.2. The van der Waals surface area contributed by atoms with E-state index in [0.29, 0.717) is 45.4 Å². The van der Waals surface area contributed by atoms with E-state index < -0.39 is 97.7 Å². The van der Waals surface area contributed by atoms with Crippen molar-refractivity contribution in [2.45, 2.75) is 71.6 Å². The number of esters is 1. The van der Waals surface area contributed by atoms with Gasteiger partial charge in [-0.15, -0.1) is 22.7 Å². The van der Waals surface area contributed by atoms with Gasteiger partial charge in [-0.05, 0) is 104 Å². The smallest absolute Gasteiger partial charge is 0.419 e. The first-order chi connectivity index (χ1) is 29.6. The van der Waals surface area contributed by atoms with Gasteiger partial charge in [0.1, 0.15) is 21.6 Å². The van der Waals surface area contributed by atoms with Crippen LogP contribution < -0.4 is 8.61 Å². The number of alkyl halides is 6. The van der Waals surface area contributed by atoms with Gasteiger partial charge in [-0.25, -0.2) is 25.6 Å². The number of fused-ring (bicyclic) bond motifs is 2. The number of halogens is 8. The Labute approximate surface area is 372 Å². The Kier molecular flexibility index (Phi) is 15.2. The molecule has 0 bridgehead atoms. The van der Waals surface area contributed by atoms with Gasteiger partial charge in [-0.1, -0.05) is 48.5 Å². The first kappa shape index (κ1) is 50.2. The summed E-state index contributed by atoms with van der Waals surface area (Å²) < 4.78 is 168. The standard InChI is InChI=1S/C22H23F4NO3S2.C21H19F4NO4S2/c1-14-16-6-4-5-7-19(16)31-20(14)27(32(29,30)11-10-21(2,3)28)13-15-8-9-18(23)17(12-15)22(24,25)26;1-13-15-5-3-4-6-18(15)31-20(13)26(32(28,29)10-9-19(27)30-2)12-14-7-8-17(22)16(11-14)21(23,24)25/h4-9,12,28H,10-11,13H2,1-3H3;3-8,11H,9-10,12H2,1-2H3. The summed E-state index contributed by atoms with van der Waals surface area (Å²) >= 11 is 2.38. The Morgan fingerprint density at radius 1 is 0.656 bits per heavy atom. The van der Waals surface area contributed by atoms with Crippen molar-refractivity contribution in [2.24, 2.45) is 0 Å². The number of aliphatic hydroxyl groups is 1. The summed E-state index contributed by atoms with van der Waals surface area (Å²) in [7, 11) is -7.04. The summed E-state index contributed by atoms with van der Waals surface area (Å²) in [5, 5.41) is 12.3. The zero-order valence-electron chi connectivity index (χ0n) is 34.8. The van der Waals surface area contributed by atoms with Crippen molar-refractivity contribution in [1.29, 1.82) is 0 Å². The number of methoxy groups -OCH3 is 1. The van der Waals surface area contributed by atoms with Gasteiger partial charge in [0.05, 0.1) is 54.9 Å². The van der Waals surface area contributed by atoms with Gasteiger partial charge in [0, 0.05) is 9.40 Å². The minimum Gasteiger partial charge on any atom is -0.469 e. The molecule has 0 radical (unpaired) electrons. The van der Waals surface area contributed by atoms with Gasteiger partial charge >= 0.3 is 18.3 Å². The third-order valence-corrected chi connectivity index (χ3v) is 16.1. The maximum absolute atomic E-state index is 13.7. The second-order valence-corrected chi connectivity index (χ2v) is 21.3. The van der Waals surface area contributed by atoms with Crippen LogP contribution in [0.5, 0.6) is 0 Å². The molecule has 0 unspecified atom stereocenters. The highest BCUT2D eigenvalue weighted by molar-refractivity contribution is 7.93. The van der Waals surface area contributed by atoms with E-state index in [1.165, 1.54) is 36.5 Å². The molecule has 0 saturated heterocycles. The number of hydrogen-bond acceptors (Lipinski definition) is 9. The zero-order chi connectivity index (χ0) is 47.6. The average molecular weight is 979 g/mol. The lowest BCUT2D eigenvalue weighted by atomic mass is 10.1. The van der Waals surface area contributed by atoms with Crippen LogP contribution in [0, 0.1) is 25.5 Å². The minimum absolute atomic E-state index is 0.00224. The summed E-state index contributed by atoms with van der Waals surface area (Å²) in [5.74, 6) is -4.60. The molecule has 0 saturated carbocycles. The van der Waals surface area contributed by atoms with Crippen LogP contribution >= 0.6 is 22.7 Å². The Balaban J connectivity index is 0.000000241. The first-order valence-electron chi connectivity index (χ1n) is 19.1. The maximum Gasteiger partial charge on any atom is 0.419 e. The fourth-order valence-corrected chi connectivity index (χ4v) is 12.6. The molecule has 1 N–H and O–H groups in total. The van der Waals surface area contributed by atoms with Crippen LogP contribution in [0.2, 0.25) is 0 Å². The lowest BCUT2D eigenvalue weighted by Gasteiger charge is -2.26. The van der Waals surface area contributed by atoms with Gasteiger partial charge in [0.25, 0.3) is 0 Å². The molecule has 0 atom stereocenters. The van der Waals surface area contributed by atoms with Gasteiger partial charge in [-0.3, -0.25) is 13.4 Å². The molecule has 346 valence electrons. The van der Waals surface area contributed by atoms with E-state index in [2.05, 4.69) is 4.74 Å². The van der Waals surface area contributed by atoms with E-state index >= 15 is 0 Å². The van der Waals surface area contributed by atoms with Crippen molar-refractivity contribution < 1.29 is 66.6 Å². The number of ether oxygens (including phenoxy) is 1. The predicted molar refractivity (Wildman–Crippen MR) is 233 cm³/mol. The fraction of sp³-hybridized carbons (Fsp3) is 0.326. The molecular weight excluding hydrogens is 937 g/mol. The van der Waals surface area contributed by atoms with Gasteiger partial charge in [0.15, 0.2) is 0 Å². The van der Waals surface area contributed by atoms with E-state index in [4.69, 9.17) is 0 Å². The average Bonchev–Trinajstić information content (AvgIpc) is 3.72. The maximum atomic E-state index is 13.7. The highest BCUT2D eigenvalue weighted by Gasteiger charge is 2.37. The van der Waals surface area contributed by atoms with Crippen LogP contribution in [-0.2, 0) is 55.0 Å². The number of carbonyl (C=O) groups excluding carboxylic acids is 1. The van der Waals surface area contributed by atoms with Crippen LogP contribution in [-0.4, -0.2) is 52.1 Å². The summed E-state index contributed by atoms with van der Waals surface area (Å²) in [6.45, 7) is 5.56. The Bertz CT molecular complexity index is 2870. The number of thiophene rings is 2. The molecule has 64 heavy (non-hydrogen) atoms. The van der Waals surface area contributed by atoms with Crippen molar-refractivity contribution >= 4 is 78.9 Å². The predicted octanol–water partition coefficient (Wildman–Crippen LogP) is 11.1. The summed E-state index contributed by atoms with van der Waals surface area (Å²) in [4.78, 5) is 11.5. The van der Waals surface area contributed by atoms with Crippen LogP contribution in [0.25, 0.3) is 20.2 Å². The largest absolute Gasteiger partial charge is 0.469 e. The number of rotatable bonds is 14. The molecule has 0 fully saturated rings. The van der Waals surface area contributed by atoms with Crippen molar-refractivity contribution in [2.75, 3.05) is 27.2 Å². The number of anilines is 2. The van der Waals surface area contributed by atoms with Crippen LogP contribution in [0.3, 0.4) is 0 Å². The molecule has 4 aromatic carbocycles. The minimum atomic E-state index is -4.93. The number of benzene rings is 4. The molecule has 0 spiro atoms. The second kappa shape index (κ2) is 19.3. The lowest BCUT2D eigenvalue weighted by molar-refractivity contribution is -0.141. The third-order valence-electron chi connectivity index (χ3n) is 9.85. The van der Waals surface area contributed by atoms with E-state index in [1.807, 2.05) is 30.3 Å². The van der Waals surface area contributed by atoms with Gasteiger partial charge in [0.2, 0.25) is 20.0 Å². The number of aryl methyl sites for hydroxylation is 2. The number of sulfonamides is 2. The molecular formula is C43H42F8N2O7S4. The molecule has 0 aliphatic rings. The fourth-order valence-electron chi connectivity index (χ4n) is 6.41. The van der Waals surface area contributed by atoms with Crippen molar-refractivity contribution in [1.82, 2.24) is 0 Å². The molecule has 0 amide bonds. The SMILES string of the molecule is COC(=O)CCS(=O)(=O)N(Cc1ccc(F)c(C(F)(F)F)c1)c1sc2ccccc2c1C.Cc1c(N(Cc2ccc(F)c(C(F)(F)F)c2)S(=O)(=O)CCC(C)(C)O)sc2ccccc12. The highest BCUT2D eigenvalue weighted by atomic mass is 32.2. The summed E-state index contributed by atoms with van der Waals surface area (Å²) in [5.41, 5.74) is -2.90. The van der Waals surface area contributed by atoms with E-state index in [9.17, 15) is 61.9 Å². The molecule has 2 aromatic heterocycles. The van der Waals surface area contributed by atoms with Crippen molar-refractivity contribution in [3.8, 4) is 0 Å². The van der Waals surface area contributed by atoms with Crippen molar-refractivity contribution in [3.05, 3.63) is 130 Å². The molecule has 9 nitrogen and oxygen atoms in total. The zero-order valence-corrected chi connectivity index (χ0v) is 38.0. The molecule has 6 rings (SSSR count). The normalized spacial score (nSPS) is 12.6. The Morgan fingerprint density at radius 2 is 1.05 bits per heavy atom. The van der Waals surface area contributed by atoms with Crippen LogP contribution in [0.1, 0.15) is 60.1 Å². The summed E-state index contributed by atoms with van der Waals surface area (Å²) in [6.07, 6.45) is -10.3. The van der Waals surface area contributed by atoms with Gasteiger partial charge < -0.3 is 9.84 Å². The van der Waals surface area contributed by atoms with Crippen molar-refractivity contribution in [3.63, 3.8) is 0 Å². The number of hydrogen-bond donors (Lipinski definition) is 1. The van der Waals surface area contributed by atoms with E-state index in [0.717, 1.165) is 48.0 Å². The molecule has 6 aromatic rings. The van der Waals surface area contributed by atoms with E-state index in [-0.39, 0.29) is 17.5 Å². The third kappa shape index (κ3) is 12.1. The van der Waals surface area contributed by atoms with E-state index in [1.54, 1.807) is 32.0 Å². The molecule has 21 heteroatoms. The number of carbonyl (C=O) groups is 1. The Hall–Kier alpha value is -4.83. The highest BCUT2D eigenvalue weighted by Crippen LogP contribution is 2.42. The Morgan fingerprint density at radius 3 is 1.41 bits per heavy atom. The molecule has 0 aliphatic carbocycles. The van der Waals surface area contributed by atoms with Crippen LogP contribution in [0.15, 0.2) is 84.9 Å². The quantitative estimate of drug-likeness (QED) is 0.0852. The molecule has 2 heterocycles. The first-order valence-corrected chi connectivity index (χ1v) is 24.0. The van der Waals surface area contributed by atoms with Gasteiger partial charge in [-0.2, -0.15) is 26.3 Å².